The molecule has 0 spiro atoms. The van der Waals surface area contributed by atoms with Crippen LogP contribution in [0.2, 0.25) is 0 Å². The lowest BCUT2D eigenvalue weighted by Crippen LogP contribution is -2.48. The molecule has 0 saturated carbocycles. The van der Waals surface area contributed by atoms with E-state index < -0.39 is 0 Å². The topological polar surface area (TPSA) is 55.8 Å². The fourth-order valence-electron chi connectivity index (χ4n) is 3.32. The van der Waals surface area contributed by atoms with Crippen LogP contribution in [0, 0.1) is 5.92 Å². The van der Waals surface area contributed by atoms with Crippen LogP contribution in [0.15, 0.2) is 24.3 Å². The largest absolute Gasteiger partial charge is 0.508 e. The highest BCUT2D eigenvalue weighted by atomic mass is 35.5. The third-order valence-corrected chi connectivity index (χ3v) is 4.78. The molecular weight excluding hydrogens is 349 g/mol. The summed E-state index contributed by atoms with van der Waals surface area (Å²) in [6.07, 6.45) is 2.91. The molecule has 0 aromatic heterocycles. The molecule has 1 aromatic rings. The Morgan fingerprint density at radius 1 is 1.12 bits per heavy atom. The summed E-state index contributed by atoms with van der Waals surface area (Å²) in [6.45, 7) is 5.49. The number of benzene rings is 1. The first-order chi connectivity index (χ1) is 10.7. The van der Waals surface area contributed by atoms with Crippen molar-refractivity contribution in [2.75, 3.05) is 44.2 Å². The van der Waals surface area contributed by atoms with E-state index in [-0.39, 0.29) is 24.8 Å². The third kappa shape index (κ3) is 5.43. The van der Waals surface area contributed by atoms with Gasteiger partial charge in [0.25, 0.3) is 0 Å². The van der Waals surface area contributed by atoms with Gasteiger partial charge in [-0.15, -0.1) is 24.8 Å². The molecule has 0 aliphatic carbocycles. The van der Waals surface area contributed by atoms with Gasteiger partial charge in [-0.2, -0.15) is 0 Å². The maximum Gasteiger partial charge on any atom is 0.222 e. The van der Waals surface area contributed by atoms with Crippen LogP contribution < -0.4 is 10.2 Å². The van der Waals surface area contributed by atoms with Crippen molar-refractivity contribution in [2.24, 2.45) is 5.92 Å². The summed E-state index contributed by atoms with van der Waals surface area (Å²) in [6, 6.07) is 7.28. The number of aromatic hydroxyl groups is 1. The summed E-state index contributed by atoms with van der Waals surface area (Å²) >= 11 is 0. The van der Waals surface area contributed by atoms with E-state index in [1.165, 1.54) is 6.42 Å². The van der Waals surface area contributed by atoms with Gasteiger partial charge in [0, 0.05) is 38.3 Å². The zero-order valence-corrected chi connectivity index (χ0v) is 15.5. The van der Waals surface area contributed by atoms with Gasteiger partial charge >= 0.3 is 0 Å². The number of hydrogen-bond acceptors (Lipinski definition) is 4. The number of nitrogens with one attached hydrogen (secondary N) is 1. The molecule has 1 atom stereocenters. The maximum atomic E-state index is 12.3. The van der Waals surface area contributed by atoms with Crippen molar-refractivity contribution in [1.82, 2.24) is 10.2 Å². The smallest absolute Gasteiger partial charge is 0.222 e. The fourth-order valence-corrected chi connectivity index (χ4v) is 3.32. The summed E-state index contributed by atoms with van der Waals surface area (Å²) in [4.78, 5) is 16.6. The second-order valence-electron chi connectivity index (χ2n) is 6.28. The first kappa shape index (κ1) is 20.9. The van der Waals surface area contributed by atoms with Crippen LogP contribution in [0.1, 0.15) is 19.3 Å². The van der Waals surface area contributed by atoms with Gasteiger partial charge in [0.2, 0.25) is 5.91 Å². The number of nitrogens with zero attached hydrogens (tertiary/aromatic N) is 2. The van der Waals surface area contributed by atoms with Crippen molar-refractivity contribution in [3.8, 4) is 5.75 Å². The Morgan fingerprint density at radius 2 is 1.79 bits per heavy atom. The number of anilines is 1. The molecule has 1 amide bonds. The molecule has 136 valence electrons. The number of amides is 1. The Balaban J connectivity index is 0.00000144. The number of rotatable bonds is 4. The van der Waals surface area contributed by atoms with E-state index in [2.05, 4.69) is 10.2 Å². The normalized spacial score (nSPS) is 20.2. The van der Waals surface area contributed by atoms with Crippen LogP contribution >= 0.6 is 24.8 Å². The van der Waals surface area contributed by atoms with E-state index >= 15 is 0 Å². The first-order valence-electron chi connectivity index (χ1n) is 8.25. The van der Waals surface area contributed by atoms with Crippen LogP contribution in [0.5, 0.6) is 5.75 Å². The Labute approximate surface area is 156 Å². The third-order valence-electron chi connectivity index (χ3n) is 4.78. The van der Waals surface area contributed by atoms with Crippen LogP contribution in [0.4, 0.5) is 5.69 Å². The predicted octanol–water partition coefficient (Wildman–Crippen LogP) is 2.27. The van der Waals surface area contributed by atoms with Crippen LogP contribution in [0.3, 0.4) is 0 Å². The number of carbonyl (C=O) groups is 1. The van der Waals surface area contributed by atoms with E-state index in [1.54, 1.807) is 12.1 Å². The lowest BCUT2D eigenvalue weighted by atomic mass is 10.0. The van der Waals surface area contributed by atoms with Crippen molar-refractivity contribution in [2.45, 2.75) is 19.3 Å². The van der Waals surface area contributed by atoms with Gasteiger partial charge in [0.15, 0.2) is 0 Å². The molecule has 2 aliphatic rings. The molecule has 7 heteroatoms. The Hall–Kier alpha value is -1.17. The van der Waals surface area contributed by atoms with Crippen molar-refractivity contribution in [3.63, 3.8) is 0 Å². The lowest BCUT2D eigenvalue weighted by Gasteiger charge is -2.36. The molecule has 5 nitrogen and oxygen atoms in total. The van der Waals surface area contributed by atoms with Crippen molar-refractivity contribution in [3.05, 3.63) is 24.3 Å². The number of piperazine rings is 1. The van der Waals surface area contributed by atoms with Crippen molar-refractivity contribution < 1.29 is 9.90 Å². The monoisotopic (exact) mass is 375 g/mol. The molecule has 24 heavy (non-hydrogen) atoms. The highest BCUT2D eigenvalue weighted by molar-refractivity contribution is 5.85. The molecule has 0 radical (unpaired) electrons. The molecule has 2 N–H and O–H groups in total. The number of halogens is 2. The summed E-state index contributed by atoms with van der Waals surface area (Å²) in [5, 5.41) is 12.7. The predicted molar refractivity (Wildman–Crippen MR) is 102 cm³/mol. The number of carbonyl (C=O) groups excluding carboxylic acids is 1. The van der Waals surface area contributed by atoms with Gasteiger partial charge in [-0.1, -0.05) is 0 Å². The lowest BCUT2D eigenvalue weighted by molar-refractivity contribution is -0.131. The highest BCUT2D eigenvalue weighted by Gasteiger charge is 2.22. The first-order valence-corrected chi connectivity index (χ1v) is 8.25. The van der Waals surface area contributed by atoms with E-state index in [1.807, 2.05) is 17.0 Å². The molecule has 3 rings (SSSR count). The summed E-state index contributed by atoms with van der Waals surface area (Å²) in [7, 11) is 0. The maximum absolute atomic E-state index is 12.3. The molecule has 2 heterocycles. The van der Waals surface area contributed by atoms with E-state index in [4.69, 9.17) is 0 Å². The van der Waals surface area contributed by atoms with Crippen LogP contribution in [0.25, 0.3) is 0 Å². The standard InChI is InChI=1S/C17H25N3O2.2ClH/c21-16-4-2-15(3-5-16)19-9-11-20(12-10-19)17(22)6-1-14-7-8-18-13-14;;/h2-5,14,18,21H,1,6-13H2;2*1H. The molecule has 2 fully saturated rings. The quantitative estimate of drug-likeness (QED) is 0.847. The summed E-state index contributed by atoms with van der Waals surface area (Å²) in [5.41, 5.74) is 1.11. The zero-order chi connectivity index (χ0) is 15.4. The van der Waals surface area contributed by atoms with Gasteiger partial charge < -0.3 is 20.2 Å². The summed E-state index contributed by atoms with van der Waals surface area (Å²) in [5.74, 6) is 1.28. The molecule has 1 unspecified atom stereocenters. The molecule has 2 saturated heterocycles. The number of hydrogen-bond donors (Lipinski definition) is 2. The van der Waals surface area contributed by atoms with Crippen molar-refractivity contribution >= 4 is 36.4 Å². The molecule has 2 aliphatic heterocycles. The highest BCUT2D eigenvalue weighted by Crippen LogP contribution is 2.20. The SMILES string of the molecule is Cl.Cl.O=C(CCC1CCNC1)N1CCN(c2ccc(O)cc2)CC1. The second kappa shape index (κ2) is 9.97. The van der Waals surface area contributed by atoms with Gasteiger partial charge in [0.05, 0.1) is 0 Å². The number of phenolic OH excluding ortho intramolecular Hbond substituents is 1. The Bertz CT molecular complexity index is 499. The Morgan fingerprint density at radius 3 is 2.38 bits per heavy atom. The van der Waals surface area contributed by atoms with Crippen molar-refractivity contribution in [1.29, 1.82) is 0 Å². The van der Waals surface area contributed by atoms with E-state index in [0.29, 0.717) is 24.0 Å². The number of phenols is 1. The van der Waals surface area contributed by atoms with Gasteiger partial charge in [-0.05, 0) is 56.1 Å². The minimum Gasteiger partial charge on any atom is -0.508 e. The Kier molecular flexibility index (Phi) is 8.67. The minimum absolute atomic E-state index is 0. The zero-order valence-electron chi connectivity index (χ0n) is 13.8. The van der Waals surface area contributed by atoms with Gasteiger partial charge in [0.1, 0.15) is 5.75 Å². The van der Waals surface area contributed by atoms with E-state index in [9.17, 15) is 9.90 Å². The van der Waals surface area contributed by atoms with Crippen LogP contribution in [-0.2, 0) is 4.79 Å². The minimum atomic E-state index is 0. The van der Waals surface area contributed by atoms with Gasteiger partial charge in [-0.25, -0.2) is 0 Å². The summed E-state index contributed by atoms with van der Waals surface area (Å²) < 4.78 is 0. The average Bonchev–Trinajstić information content (AvgIpc) is 3.07. The van der Waals surface area contributed by atoms with E-state index in [0.717, 1.165) is 51.4 Å². The van der Waals surface area contributed by atoms with Crippen LogP contribution in [-0.4, -0.2) is 55.2 Å². The van der Waals surface area contributed by atoms with Gasteiger partial charge in [-0.3, -0.25) is 4.79 Å². The molecule has 1 aromatic carbocycles. The fraction of sp³-hybridized carbons (Fsp3) is 0.588. The molecular formula is C17H27Cl2N3O2. The molecule has 0 bridgehead atoms. The average molecular weight is 376 g/mol. The second-order valence-corrected chi connectivity index (χ2v) is 6.28.